The lowest BCUT2D eigenvalue weighted by Gasteiger charge is -2.19. The van der Waals surface area contributed by atoms with Crippen molar-refractivity contribution in [2.75, 3.05) is 0 Å². The Morgan fingerprint density at radius 1 is 1.31 bits per heavy atom. The quantitative estimate of drug-likeness (QED) is 0.162. The molecule has 0 aliphatic heterocycles. The minimum Gasteiger partial charge on any atom is -0.478 e. The number of halogens is 3. The Kier molecular flexibility index (Phi) is 6.94. The van der Waals surface area contributed by atoms with Crippen LogP contribution in [-0.2, 0) is 6.54 Å². The third-order valence-corrected chi connectivity index (χ3v) is 5.68. The van der Waals surface area contributed by atoms with Gasteiger partial charge in [-0.15, -0.1) is 0 Å². The zero-order valence-corrected chi connectivity index (χ0v) is 20.7. The summed E-state index contributed by atoms with van der Waals surface area (Å²) >= 11 is 9.36. The number of nitro groups is 1. The van der Waals surface area contributed by atoms with Crippen LogP contribution >= 0.6 is 27.5 Å². The van der Waals surface area contributed by atoms with Gasteiger partial charge in [-0.05, 0) is 57.9 Å². The van der Waals surface area contributed by atoms with Crippen molar-refractivity contribution in [1.82, 2.24) is 24.5 Å². The van der Waals surface area contributed by atoms with Crippen molar-refractivity contribution >= 4 is 39.1 Å². The molecule has 1 unspecified atom stereocenters. The molecule has 10 nitrogen and oxygen atoms in total. The third-order valence-electron chi connectivity index (χ3n) is 5.06. The molecule has 4 rings (SSSR count). The molecule has 3 aromatic heterocycles. The maximum atomic E-state index is 14.3. The smallest absolute Gasteiger partial charge is 0.406 e. The van der Waals surface area contributed by atoms with Gasteiger partial charge in [-0.1, -0.05) is 11.6 Å². The van der Waals surface area contributed by atoms with Gasteiger partial charge in [-0.25, -0.2) is 9.07 Å². The average molecular weight is 564 g/mol. The molecule has 35 heavy (non-hydrogen) atoms. The predicted octanol–water partition coefficient (Wildman–Crippen LogP) is 5.32. The standard InChI is InChI=1S/C22H17BrClFN6O4/c1-3-29-11-13(9-27-29)21(32)18-8-20(24)28-30(18)17-5-4-15(25)7-16(17)12(2)35-19-6-14(23)10-26-22(19)31(33)34/h4-12H,3H2,1-2H3. The summed E-state index contributed by atoms with van der Waals surface area (Å²) in [6, 6.07) is 6.62. The highest BCUT2D eigenvalue weighted by Crippen LogP contribution is 2.34. The Morgan fingerprint density at radius 3 is 2.77 bits per heavy atom. The van der Waals surface area contributed by atoms with Gasteiger partial charge >= 0.3 is 5.82 Å². The molecule has 0 radical (unpaired) electrons. The summed E-state index contributed by atoms with van der Waals surface area (Å²) in [6.45, 7) is 4.06. The van der Waals surface area contributed by atoms with E-state index in [4.69, 9.17) is 16.3 Å². The maximum absolute atomic E-state index is 14.3. The Labute approximate surface area is 211 Å². The summed E-state index contributed by atoms with van der Waals surface area (Å²) in [5.41, 5.74) is 1.04. The van der Waals surface area contributed by atoms with E-state index in [9.17, 15) is 19.3 Å². The van der Waals surface area contributed by atoms with E-state index in [1.807, 2.05) is 6.92 Å². The van der Waals surface area contributed by atoms with Gasteiger partial charge in [-0.3, -0.25) is 9.48 Å². The van der Waals surface area contributed by atoms with Crippen molar-refractivity contribution in [3.05, 3.63) is 91.3 Å². The summed E-state index contributed by atoms with van der Waals surface area (Å²) in [7, 11) is 0. The maximum Gasteiger partial charge on any atom is 0.406 e. The summed E-state index contributed by atoms with van der Waals surface area (Å²) in [5, 5.41) is 19.8. The number of aromatic nitrogens is 5. The van der Waals surface area contributed by atoms with Gasteiger partial charge in [0.2, 0.25) is 11.5 Å². The van der Waals surface area contributed by atoms with Crippen molar-refractivity contribution in [2.24, 2.45) is 0 Å². The van der Waals surface area contributed by atoms with Crippen molar-refractivity contribution in [3.8, 4) is 11.4 Å². The number of aryl methyl sites for hydroxylation is 1. The lowest BCUT2D eigenvalue weighted by Crippen LogP contribution is -2.15. The Balaban J connectivity index is 1.77. The molecule has 1 aromatic carbocycles. The first-order chi connectivity index (χ1) is 16.7. The number of benzene rings is 1. The fourth-order valence-corrected chi connectivity index (χ4v) is 3.92. The minimum atomic E-state index is -0.899. The Morgan fingerprint density at radius 2 is 2.09 bits per heavy atom. The molecule has 0 amide bonds. The van der Waals surface area contributed by atoms with Gasteiger partial charge in [0.05, 0.1) is 21.9 Å². The lowest BCUT2D eigenvalue weighted by atomic mass is 10.1. The van der Waals surface area contributed by atoms with Crippen molar-refractivity contribution in [3.63, 3.8) is 0 Å². The van der Waals surface area contributed by atoms with Gasteiger partial charge in [0.25, 0.3) is 0 Å². The predicted molar refractivity (Wildman–Crippen MR) is 127 cm³/mol. The highest BCUT2D eigenvalue weighted by Gasteiger charge is 2.25. The van der Waals surface area contributed by atoms with Gasteiger partial charge in [-0.2, -0.15) is 10.2 Å². The molecule has 13 heteroatoms. The normalized spacial score (nSPS) is 11.9. The number of ketones is 1. The number of ether oxygens (including phenoxy) is 1. The van der Waals surface area contributed by atoms with E-state index < -0.39 is 22.7 Å². The molecular weight excluding hydrogens is 547 g/mol. The topological polar surface area (TPSA) is 118 Å². The number of hydrogen-bond acceptors (Lipinski definition) is 7. The zero-order chi connectivity index (χ0) is 25.3. The van der Waals surface area contributed by atoms with Crippen LogP contribution in [0.25, 0.3) is 5.69 Å². The molecule has 3 heterocycles. The van der Waals surface area contributed by atoms with Crippen LogP contribution in [0.3, 0.4) is 0 Å². The molecule has 1 atom stereocenters. The second kappa shape index (κ2) is 9.92. The second-order valence-electron chi connectivity index (χ2n) is 7.37. The van der Waals surface area contributed by atoms with Crippen LogP contribution in [0.15, 0.2) is 53.4 Å². The van der Waals surface area contributed by atoms with Crippen LogP contribution in [0.2, 0.25) is 5.15 Å². The average Bonchev–Trinajstić information content (AvgIpc) is 3.45. The molecule has 0 saturated carbocycles. The summed E-state index contributed by atoms with van der Waals surface area (Å²) < 4.78 is 23.5. The molecule has 0 bridgehead atoms. The van der Waals surface area contributed by atoms with Crippen LogP contribution in [0.5, 0.6) is 5.75 Å². The number of carbonyl (C=O) groups excluding carboxylic acids is 1. The van der Waals surface area contributed by atoms with Crippen LogP contribution in [-0.4, -0.2) is 35.3 Å². The molecule has 0 N–H and O–H groups in total. The van der Waals surface area contributed by atoms with Crippen LogP contribution < -0.4 is 4.74 Å². The molecule has 180 valence electrons. The van der Waals surface area contributed by atoms with Crippen LogP contribution in [0.4, 0.5) is 10.2 Å². The van der Waals surface area contributed by atoms with Gasteiger partial charge in [0.1, 0.15) is 17.6 Å². The van der Waals surface area contributed by atoms with E-state index in [2.05, 4.69) is 31.1 Å². The molecule has 0 fully saturated rings. The SMILES string of the molecule is CCn1cc(C(=O)c2cc(Cl)nn2-c2ccc(F)cc2C(C)Oc2cc(Br)cnc2[N+](=O)[O-])cn1. The van der Waals surface area contributed by atoms with Gasteiger partial charge < -0.3 is 14.9 Å². The van der Waals surface area contributed by atoms with E-state index >= 15 is 0 Å². The van der Waals surface area contributed by atoms with E-state index in [1.54, 1.807) is 17.8 Å². The Bertz CT molecular complexity index is 1440. The second-order valence-corrected chi connectivity index (χ2v) is 8.68. The van der Waals surface area contributed by atoms with Crippen LogP contribution in [0, 0.1) is 15.9 Å². The molecule has 4 aromatic rings. The van der Waals surface area contributed by atoms with Crippen molar-refractivity contribution < 1.29 is 18.8 Å². The van der Waals surface area contributed by atoms with E-state index in [-0.39, 0.29) is 27.9 Å². The number of pyridine rings is 1. The van der Waals surface area contributed by atoms with Crippen molar-refractivity contribution in [2.45, 2.75) is 26.5 Å². The minimum absolute atomic E-state index is 0.0481. The molecule has 0 aliphatic carbocycles. The first-order valence-corrected chi connectivity index (χ1v) is 11.4. The number of nitrogens with zero attached hydrogens (tertiary/aromatic N) is 6. The lowest BCUT2D eigenvalue weighted by molar-refractivity contribution is -0.390. The van der Waals surface area contributed by atoms with Gasteiger partial charge in [0.15, 0.2) is 11.3 Å². The first kappa shape index (κ1) is 24.5. The number of rotatable bonds is 8. The number of hydrogen-bond donors (Lipinski definition) is 0. The highest BCUT2D eigenvalue weighted by molar-refractivity contribution is 9.10. The van der Waals surface area contributed by atoms with Crippen LogP contribution in [0.1, 0.15) is 41.6 Å². The van der Waals surface area contributed by atoms with Crippen molar-refractivity contribution in [1.29, 1.82) is 0 Å². The molecular formula is C22H17BrClFN6O4. The zero-order valence-electron chi connectivity index (χ0n) is 18.4. The Hall–Kier alpha value is -3.64. The number of carbonyl (C=O) groups is 1. The fourth-order valence-electron chi connectivity index (χ4n) is 3.43. The molecule has 0 aliphatic rings. The van der Waals surface area contributed by atoms with E-state index in [0.29, 0.717) is 22.3 Å². The summed E-state index contributed by atoms with van der Waals surface area (Å²) in [6.07, 6.45) is 3.41. The van der Waals surface area contributed by atoms with Gasteiger partial charge in [0, 0.05) is 30.4 Å². The monoisotopic (exact) mass is 562 g/mol. The first-order valence-electron chi connectivity index (χ1n) is 10.3. The summed E-state index contributed by atoms with van der Waals surface area (Å²) in [4.78, 5) is 27.7. The molecule has 0 saturated heterocycles. The third kappa shape index (κ3) is 5.08. The van der Waals surface area contributed by atoms with E-state index in [1.165, 1.54) is 47.4 Å². The largest absolute Gasteiger partial charge is 0.478 e. The highest BCUT2D eigenvalue weighted by atomic mass is 79.9. The van der Waals surface area contributed by atoms with E-state index in [0.717, 1.165) is 0 Å². The fraction of sp³-hybridized carbons (Fsp3) is 0.182. The molecule has 0 spiro atoms. The summed E-state index contributed by atoms with van der Waals surface area (Å²) in [5.74, 6) is -1.58.